The van der Waals surface area contributed by atoms with E-state index in [4.69, 9.17) is 18.8 Å². The molecular formula is C26H23FN2O5. The molecule has 0 radical (unpaired) electrons. The van der Waals surface area contributed by atoms with Gasteiger partial charge in [-0.2, -0.15) is 0 Å². The van der Waals surface area contributed by atoms with Crippen LogP contribution in [0.5, 0.6) is 5.75 Å². The van der Waals surface area contributed by atoms with Crippen molar-refractivity contribution in [2.24, 2.45) is 0 Å². The summed E-state index contributed by atoms with van der Waals surface area (Å²) in [6, 6.07) is 18.5. The molecule has 0 atom stereocenters. The van der Waals surface area contributed by atoms with Gasteiger partial charge in [0, 0.05) is 11.6 Å². The number of hydrogen-bond donors (Lipinski definition) is 1. The van der Waals surface area contributed by atoms with Crippen LogP contribution in [0.25, 0.3) is 27.7 Å². The molecule has 0 spiro atoms. The molecule has 4 rings (SSSR count). The first-order valence-corrected chi connectivity index (χ1v) is 10.7. The van der Waals surface area contributed by atoms with E-state index in [1.807, 2.05) is 37.3 Å². The fourth-order valence-corrected chi connectivity index (χ4v) is 3.28. The van der Waals surface area contributed by atoms with E-state index in [0.29, 0.717) is 40.6 Å². The van der Waals surface area contributed by atoms with Crippen LogP contribution in [0.15, 0.2) is 77.5 Å². The Bertz CT molecular complexity index is 1310. The Hall–Kier alpha value is -4.17. The average Bonchev–Trinajstić information content (AvgIpc) is 3.35. The molecule has 34 heavy (non-hydrogen) atoms. The third-order valence-electron chi connectivity index (χ3n) is 4.96. The van der Waals surface area contributed by atoms with Gasteiger partial charge in [0.1, 0.15) is 29.2 Å². The van der Waals surface area contributed by atoms with Crippen LogP contribution in [0.2, 0.25) is 0 Å². The zero-order chi connectivity index (χ0) is 23.9. The minimum atomic E-state index is -0.463. The number of carbonyl (C=O) groups is 1. The highest BCUT2D eigenvalue weighted by Gasteiger charge is 2.15. The number of nitrogens with zero attached hydrogens (tertiary/aromatic N) is 1. The largest absolute Gasteiger partial charge is 0.465 e. The molecule has 1 N–H and O–H groups in total. The van der Waals surface area contributed by atoms with E-state index in [9.17, 15) is 9.18 Å². The number of esters is 1. The van der Waals surface area contributed by atoms with Gasteiger partial charge in [-0.05, 0) is 53.6 Å². The zero-order valence-electron chi connectivity index (χ0n) is 18.7. The Kier molecular flexibility index (Phi) is 7.19. The minimum Gasteiger partial charge on any atom is -0.465 e. The van der Waals surface area contributed by atoms with E-state index in [1.54, 1.807) is 24.3 Å². The van der Waals surface area contributed by atoms with E-state index in [1.165, 1.54) is 25.5 Å². The monoisotopic (exact) mass is 462 g/mol. The highest BCUT2D eigenvalue weighted by Crippen LogP contribution is 2.28. The summed E-state index contributed by atoms with van der Waals surface area (Å²) < 4.78 is 29.5. The summed E-state index contributed by atoms with van der Waals surface area (Å²) in [5.41, 5.74) is 4.80. The molecule has 4 aromatic rings. The first-order chi connectivity index (χ1) is 16.6. The van der Waals surface area contributed by atoms with Crippen molar-refractivity contribution < 1.29 is 28.0 Å². The van der Waals surface area contributed by atoms with E-state index >= 15 is 0 Å². The van der Waals surface area contributed by atoms with Gasteiger partial charge in [0.2, 0.25) is 0 Å². The zero-order valence-corrected chi connectivity index (χ0v) is 18.7. The second kappa shape index (κ2) is 10.6. The van der Waals surface area contributed by atoms with Crippen LogP contribution in [-0.2, 0) is 9.57 Å². The van der Waals surface area contributed by atoms with Crippen molar-refractivity contribution in [3.8, 4) is 17.0 Å². The minimum absolute atomic E-state index is 0.335. The molecule has 0 aliphatic heterocycles. The number of nitrogens with one attached hydrogen (secondary N) is 1. The second-order valence-corrected chi connectivity index (χ2v) is 7.37. The summed E-state index contributed by atoms with van der Waals surface area (Å²) in [5.74, 6) is -0.0243. The summed E-state index contributed by atoms with van der Waals surface area (Å²) >= 11 is 0. The van der Waals surface area contributed by atoms with Crippen molar-refractivity contribution in [3.05, 3.63) is 90.1 Å². The van der Waals surface area contributed by atoms with E-state index < -0.39 is 5.97 Å². The molecule has 0 fully saturated rings. The van der Waals surface area contributed by atoms with Crippen LogP contribution in [-0.4, -0.2) is 24.8 Å². The summed E-state index contributed by atoms with van der Waals surface area (Å²) in [4.78, 5) is 17.8. The first kappa shape index (κ1) is 23.0. The van der Waals surface area contributed by atoms with Crippen molar-refractivity contribution in [3.63, 3.8) is 0 Å². The second-order valence-electron chi connectivity index (χ2n) is 7.37. The Morgan fingerprint density at radius 2 is 1.91 bits per heavy atom. The number of hydrogen-bond acceptors (Lipinski definition) is 7. The van der Waals surface area contributed by atoms with E-state index in [-0.39, 0.29) is 5.82 Å². The molecule has 0 aliphatic carbocycles. The molecule has 0 saturated heterocycles. The molecule has 0 bridgehead atoms. The normalized spacial score (nSPS) is 11.4. The van der Waals surface area contributed by atoms with Gasteiger partial charge >= 0.3 is 5.97 Å². The predicted molar refractivity (Wildman–Crippen MR) is 125 cm³/mol. The molecular weight excluding hydrogens is 439 g/mol. The summed E-state index contributed by atoms with van der Waals surface area (Å²) in [5, 5.41) is 5.64. The van der Waals surface area contributed by atoms with Crippen molar-refractivity contribution in [2.45, 2.75) is 13.3 Å². The van der Waals surface area contributed by atoms with E-state index in [0.717, 1.165) is 17.2 Å². The number of halogens is 1. The smallest absolute Gasteiger partial charge is 0.338 e. The molecule has 3 aromatic carbocycles. The number of rotatable bonds is 9. The number of ether oxygens (including phenoxy) is 2. The first-order valence-electron chi connectivity index (χ1n) is 10.7. The van der Waals surface area contributed by atoms with Crippen LogP contribution in [0.4, 0.5) is 4.39 Å². The standard InChI is InChI=1S/C26H23FN2O5/c1-3-12-33-28-24(25-15-23(29-34-25)17-8-10-19(27)11-9-17)16-32-20-13-18-6-4-5-7-21(18)22(14-20)26(30)31-2/h4-11,13-16,28H,3,12H2,1-2H3. The predicted octanol–water partition coefficient (Wildman–Crippen LogP) is 5.73. The lowest BCUT2D eigenvalue weighted by molar-refractivity contribution is 0.0602. The highest BCUT2D eigenvalue weighted by atomic mass is 19.1. The summed E-state index contributed by atoms with van der Waals surface area (Å²) in [6.45, 7) is 2.44. The van der Waals surface area contributed by atoms with Crippen LogP contribution in [0.3, 0.4) is 0 Å². The highest BCUT2D eigenvalue weighted by molar-refractivity contribution is 6.05. The van der Waals surface area contributed by atoms with Crippen molar-refractivity contribution in [1.29, 1.82) is 0 Å². The molecule has 0 unspecified atom stereocenters. The fourth-order valence-electron chi connectivity index (χ4n) is 3.28. The van der Waals surface area contributed by atoms with E-state index in [2.05, 4.69) is 10.6 Å². The van der Waals surface area contributed by atoms with Crippen LogP contribution in [0.1, 0.15) is 29.5 Å². The van der Waals surface area contributed by atoms with Crippen LogP contribution in [0, 0.1) is 5.82 Å². The Balaban J connectivity index is 1.65. The molecule has 1 aromatic heterocycles. The van der Waals surface area contributed by atoms with Gasteiger partial charge in [0.05, 0.1) is 19.3 Å². The third-order valence-corrected chi connectivity index (χ3v) is 4.96. The van der Waals surface area contributed by atoms with Crippen LogP contribution >= 0.6 is 0 Å². The molecule has 1 heterocycles. The van der Waals surface area contributed by atoms with Gasteiger partial charge < -0.3 is 14.0 Å². The van der Waals surface area contributed by atoms with Gasteiger partial charge in [-0.3, -0.25) is 10.3 Å². The van der Waals surface area contributed by atoms with Gasteiger partial charge in [0.15, 0.2) is 5.76 Å². The number of benzene rings is 3. The summed E-state index contributed by atoms with van der Waals surface area (Å²) in [6.07, 6.45) is 2.21. The number of hydroxylamine groups is 1. The topological polar surface area (TPSA) is 82.8 Å². The quantitative estimate of drug-likeness (QED) is 0.147. The van der Waals surface area contributed by atoms with Crippen molar-refractivity contribution >= 4 is 22.4 Å². The average molecular weight is 462 g/mol. The Morgan fingerprint density at radius 3 is 2.68 bits per heavy atom. The number of fused-ring (bicyclic) bond motifs is 1. The van der Waals surface area contributed by atoms with Gasteiger partial charge in [-0.15, -0.1) is 0 Å². The summed E-state index contributed by atoms with van der Waals surface area (Å²) in [7, 11) is 1.33. The maximum atomic E-state index is 13.2. The van der Waals surface area contributed by atoms with Gasteiger partial charge in [-0.25, -0.2) is 9.18 Å². The lowest BCUT2D eigenvalue weighted by atomic mass is 10.0. The molecule has 174 valence electrons. The van der Waals surface area contributed by atoms with Crippen molar-refractivity contribution in [2.75, 3.05) is 13.7 Å². The molecule has 0 aliphatic rings. The number of methoxy groups -OCH3 is 1. The van der Waals surface area contributed by atoms with Gasteiger partial charge in [-0.1, -0.05) is 36.3 Å². The molecule has 0 amide bonds. The fraction of sp³-hybridized carbons (Fsp3) is 0.154. The lowest BCUT2D eigenvalue weighted by Gasteiger charge is -2.10. The Morgan fingerprint density at radius 1 is 1.12 bits per heavy atom. The number of aromatic nitrogens is 1. The SMILES string of the molecule is CCCONC(=COc1cc(C(=O)OC)c2ccccc2c1)c1cc(-c2ccc(F)cc2)no1. The number of carbonyl (C=O) groups excluding carboxylic acids is 1. The third kappa shape index (κ3) is 5.24. The van der Waals surface area contributed by atoms with Crippen LogP contribution < -0.4 is 10.2 Å². The molecule has 0 saturated carbocycles. The maximum absolute atomic E-state index is 13.2. The lowest BCUT2D eigenvalue weighted by Crippen LogP contribution is -2.14. The van der Waals surface area contributed by atoms with Gasteiger partial charge in [0.25, 0.3) is 0 Å². The Labute approximate surface area is 195 Å². The molecule has 8 heteroatoms. The maximum Gasteiger partial charge on any atom is 0.338 e. The molecule has 7 nitrogen and oxygen atoms in total. The van der Waals surface area contributed by atoms with Crippen molar-refractivity contribution in [1.82, 2.24) is 10.6 Å².